The first-order chi connectivity index (χ1) is 16.9. The molecule has 4 aromatic carbocycles. The van der Waals surface area contributed by atoms with E-state index in [1.165, 1.54) is 6.21 Å². The first-order valence-electron chi connectivity index (χ1n) is 10.3. The van der Waals surface area contributed by atoms with E-state index in [0.29, 0.717) is 21.8 Å². The molecule has 4 rings (SSSR count). The quantitative estimate of drug-likeness (QED) is 0.112. The Morgan fingerprint density at radius 1 is 0.857 bits per heavy atom. The Morgan fingerprint density at radius 3 is 2.31 bits per heavy atom. The Balaban J connectivity index is 1.53. The highest BCUT2D eigenvalue weighted by molar-refractivity contribution is 9.10. The van der Waals surface area contributed by atoms with Crippen LogP contribution in [-0.2, 0) is 9.59 Å². The standard InChI is InChI=1S/C26H17BrClN3O4/c27-18-8-12-20(13-9-18)30-24(32)25(33)31-29-15-22-21-4-2-1-3-16(21)7-14-23(22)35-26(34)17-5-10-19(28)11-6-17/h1-15H,(H,30,32)(H,31,33)/b29-15-. The summed E-state index contributed by atoms with van der Waals surface area (Å²) in [4.78, 5) is 37.0. The molecule has 9 heteroatoms. The molecule has 0 radical (unpaired) electrons. The van der Waals surface area contributed by atoms with Gasteiger partial charge in [0.05, 0.1) is 11.8 Å². The fourth-order valence-corrected chi connectivity index (χ4v) is 3.56. The summed E-state index contributed by atoms with van der Waals surface area (Å²) in [6.45, 7) is 0. The molecule has 2 amide bonds. The predicted molar refractivity (Wildman–Crippen MR) is 139 cm³/mol. The van der Waals surface area contributed by atoms with E-state index in [9.17, 15) is 14.4 Å². The molecule has 0 spiro atoms. The molecule has 0 aliphatic carbocycles. The van der Waals surface area contributed by atoms with E-state index in [0.717, 1.165) is 15.2 Å². The highest BCUT2D eigenvalue weighted by Crippen LogP contribution is 2.27. The van der Waals surface area contributed by atoms with Crippen molar-refractivity contribution < 1.29 is 19.1 Å². The molecular formula is C26H17BrClN3O4. The van der Waals surface area contributed by atoms with Crippen LogP contribution in [0.25, 0.3) is 10.8 Å². The SMILES string of the molecule is O=C(N/N=C\c1c(OC(=O)c2ccc(Cl)cc2)ccc2ccccc12)C(=O)Nc1ccc(Br)cc1. The lowest BCUT2D eigenvalue weighted by molar-refractivity contribution is -0.136. The lowest BCUT2D eigenvalue weighted by Gasteiger charge is -2.10. The van der Waals surface area contributed by atoms with E-state index in [4.69, 9.17) is 16.3 Å². The molecule has 0 saturated carbocycles. The molecule has 0 bridgehead atoms. The molecule has 174 valence electrons. The molecule has 7 nitrogen and oxygen atoms in total. The zero-order chi connectivity index (χ0) is 24.8. The number of fused-ring (bicyclic) bond motifs is 1. The van der Waals surface area contributed by atoms with E-state index in [-0.39, 0.29) is 5.75 Å². The van der Waals surface area contributed by atoms with Gasteiger partial charge in [-0.25, -0.2) is 10.2 Å². The Bertz CT molecular complexity index is 1440. The fourth-order valence-electron chi connectivity index (χ4n) is 3.17. The van der Waals surface area contributed by atoms with E-state index in [2.05, 4.69) is 31.8 Å². The molecular weight excluding hydrogens is 534 g/mol. The maximum absolute atomic E-state index is 12.6. The van der Waals surface area contributed by atoms with Crippen LogP contribution in [0.1, 0.15) is 15.9 Å². The van der Waals surface area contributed by atoms with Gasteiger partial charge in [-0.15, -0.1) is 0 Å². The number of esters is 1. The normalized spacial score (nSPS) is 10.8. The summed E-state index contributed by atoms with van der Waals surface area (Å²) in [6.07, 6.45) is 1.33. The largest absolute Gasteiger partial charge is 0.422 e. The minimum absolute atomic E-state index is 0.237. The van der Waals surface area contributed by atoms with Crippen molar-refractivity contribution in [2.75, 3.05) is 5.32 Å². The lowest BCUT2D eigenvalue weighted by atomic mass is 10.0. The third-order valence-corrected chi connectivity index (χ3v) is 5.66. The third-order valence-electron chi connectivity index (χ3n) is 4.88. The summed E-state index contributed by atoms with van der Waals surface area (Å²) in [5.41, 5.74) is 3.44. The van der Waals surface area contributed by atoms with Crippen molar-refractivity contribution >= 4 is 68.0 Å². The number of hydrogen-bond donors (Lipinski definition) is 2. The van der Waals surface area contributed by atoms with Crippen LogP contribution in [0.15, 0.2) is 94.5 Å². The number of nitrogens with one attached hydrogen (secondary N) is 2. The van der Waals surface area contributed by atoms with Crippen LogP contribution in [0.2, 0.25) is 5.02 Å². The van der Waals surface area contributed by atoms with E-state index in [1.807, 2.05) is 24.3 Å². The summed E-state index contributed by atoms with van der Waals surface area (Å²) in [6, 6.07) is 23.9. The maximum atomic E-state index is 12.6. The van der Waals surface area contributed by atoms with Gasteiger partial charge < -0.3 is 10.1 Å². The molecule has 0 aromatic heterocycles. The van der Waals surface area contributed by atoms with Crippen molar-refractivity contribution in [3.8, 4) is 5.75 Å². The van der Waals surface area contributed by atoms with E-state index in [1.54, 1.807) is 60.7 Å². The maximum Gasteiger partial charge on any atom is 0.343 e. The Hall–Kier alpha value is -4.01. The fraction of sp³-hybridized carbons (Fsp3) is 0. The van der Waals surface area contributed by atoms with Gasteiger partial charge >= 0.3 is 17.8 Å². The Morgan fingerprint density at radius 2 is 1.57 bits per heavy atom. The van der Waals surface area contributed by atoms with Crippen LogP contribution in [0.3, 0.4) is 0 Å². The van der Waals surface area contributed by atoms with Crippen molar-refractivity contribution in [3.05, 3.63) is 106 Å². The topological polar surface area (TPSA) is 96.9 Å². The van der Waals surface area contributed by atoms with Crippen molar-refractivity contribution in [3.63, 3.8) is 0 Å². The van der Waals surface area contributed by atoms with Gasteiger partial charge in [-0.05, 0) is 65.4 Å². The number of carbonyl (C=O) groups excluding carboxylic acids is 3. The second-order valence-electron chi connectivity index (χ2n) is 7.26. The highest BCUT2D eigenvalue weighted by atomic mass is 79.9. The van der Waals surface area contributed by atoms with Crippen LogP contribution in [0, 0.1) is 0 Å². The number of ether oxygens (including phenoxy) is 1. The molecule has 4 aromatic rings. The van der Waals surface area contributed by atoms with Crippen LogP contribution in [0.4, 0.5) is 5.69 Å². The highest BCUT2D eigenvalue weighted by Gasteiger charge is 2.15. The van der Waals surface area contributed by atoms with Crippen LogP contribution in [-0.4, -0.2) is 24.0 Å². The number of carbonyl (C=O) groups is 3. The van der Waals surface area contributed by atoms with Crippen LogP contribution >= 0.6 is 27.5 Å². The monoisotopic (exact) mass is 549 g/mol. The summed E-state index contributed by atoms with van der Waals surface area (Å²) < 4.78 is 6.44. The minimum Gasteiger partial charge on any atom is -0.422 e. The number of hydrogen-bond acceptors (Lipinski definition) is 5. The Labute approximate surface area is 213 Å². The van der Waals surface area contributed by atoms with E-state index >= 15 is 0 Å². The Kier molecular flexibility index (Phi) is 7.54. The van der Waals surface area contributed by atoms with Crippen molar-refractivity contribution in [2.45, 2.75) is 0 Å². The number of benzene rings is 4. The summed E-state index contributed by atoms with van der Waals surface area (Å²) in [5.74, 6) is -2.17. The number of anilines is 1. The summed E-state index contributed by atoms with van der Waals surface area (Å²) in [5, 5.41) is 8.52. The van der Waals surface area contributed by atoms with Crippen LogP contribution < -0.4 is 15.5 Å². The smallest absolute Gasteiger partial charge is 0.343 e. The molecule has 0 heterocycles. The molecule has 0 aliphatic rings. The molecule has 0 saturated heterocycles. The number of halogens is 2. The van der Waals surface area contributed by atoms with Gasteiger partial charge in [-0.2, -0.15) is 5.10 Å². The predicted octanol–water partition coefficient (Wildman–Crippen LogP) is 5.56. The van der Waals surface area contributed by atoms with Gasteiger partial charge in [0, 0.05) is 20.7 Å². The van der Waals surface area contributed by atoms with Crippen molar-refractivity contribution in [1.82, 2.24) is 5.43 Å². The van der Waals surface area contributed by atoms with Gasteiger partial charge in [-0.1, -0.05) is 57.9 Å². The first kappa shape index (κ1) is 24.1. The lowest BCUT2D eigenvalue weighted by Crippen LogP contribution is -2.32. The summed E-state index contributed by atoms with van der Waals surface area (Å²) in [7, 11) is 0. The second kappa shape index (κ2) is 10.9. The van der Waals surface area contributed by atoms with Crippen molar-refractivity contribution in [1.29, 1.82) is 0 Å². The zero-order valence-corrected chi connectivity index (χ0v) is 20.3. The first-order valence-corrected chi connectivity index (χ1v) is 11.5. The molecule has 0 unspecified atom stereocenters. The third kappa shape index (κ3) is 6.11. The van der Waals surface area contributed by atoms with Crippen molar-refractivity contribution in [2.24, 2.45) is 5.10 Å². The van der Waals surface area contributed by atoms with Crippen LogP contribution in [0.5, 0.6) is 5.75 Å². The number of rotatable bonds is 5. The molecule has 0 atom stereocenters. The number of nitrogens with zero attached hydrogens (tertiary/aromatic N) is 1. The second-order valence-corrected chi connectivity index (χ2v) is 8.61. The average Bonchev–Trinajstić information content (AvgIpc) is 2.86. The molecule has 35 heavy (non-hydrogen) atoms. The van der Waals surface area contributed by atoms with Gasteiger partial charge in [-0.3, -0.25) is 9.59 Å². The van der Waals surface area contributed by atoms with Gasteiger partial charge in [0.25, 0.3) is 0 Å². The van der Waals surface area contributed by atoms with Gasteiger partial charge in [0.2, 0.25) is 0 Å². The van der Waals surface area contributed by atoms with Gasteiger partial charge in [0.15, 0.2) is 0 Å². The summed E-state index contributed by atoms with van der Waals surface area (Å²) >= 11 is 9.19. The molecule has 2 N–H and O–H groups in total. The minimum atomic E-state index is -0.955. The molecule has 0 aliphatic heterocycles. The number of hydrazone groups is 1. The average molecular weight is 551 g/mol. The van der Waals surface area contributed by atoms with E-state index < -0.39 is 17.8 Å². The van der Waals surface area contributed by atoms with Gasteiger partial charge in [0.1, 0.15) is 5.75 Å². The zero-order valence-electron chi connectivity index (χ0n) is 18.0. The molecule has 0 fully saturated rings. The number of amides is 2.